The summed E-state index contributed by atoms with van der Waals surface area (Å²) in [6.45, 7) is 9.70. The average Bonchev–Trinajstić information content (AvgIpc) is 2.01. The maximum atomic E-state index is 4.38. The lowest BCUT2D eigenvalue weighted by Crippen LogP contribution is -1.97. The van der Waals surface area contributed by atoms with Crippen LogP contribution < -0.4 is 5.32 Å². The molecule has 1 rings (SSSR count). The highest BCUT2D eigenvalue weighted by Gasteiger charge is 2.00. The van der Waals surface area contributed by atoms with Crippen molar-refractivity contribution in [2.75, 3.05) is 5.32 Å². The van der Waals surface area contributed by atoms with Gasteiger partial charge in [0.25, 0.3) is 0 Å². The fourth-order valence-corrected chi connectivity index (χ4v) is 1.08. The van der Waals surface area contributed by atoms with Crippen LogP contribution in [0.15, 0.2) is 18.8 Å². The number of rotatable bonds is 2. The summed E-state index contributed by atoms with van der Waals surface area (Å²) < 4.78 is 0. The minimum absolute atomic E-state index is 0.896. The van der Waals surface area contributed by atoms with Gasteiger partial charge >= 0.3 is 0 Å². The van der Waals surface area contributed by atoms with Crippen LogP contribution in [0.1, 0.15) is 16.8 Å². The molecule has 0 aliphatic carbocycles. The summed E-state index contributed by atoms with van der Waals surface area (Å²) >= 11 is 0. The van der Waals surface area contributed by atoms with E-state index in [-0.39, 0.29) is 0 Å². The van der Waals surface area contributed by atoms with Crippen LogP contribution in [0.3, 0.4) is 0 Å². The molecule has 2 nitrogen and oxygen atoms in total. The molecule has 12 heavy (non-hydrogen) atoms. The molecule has 0 bridgehead atoms. The van der Waals surface area contributed by atoms with Gasteiger partial charge in [0.1, 0.15) is 5.82 Å². The van der Waals surface area contributed by atoms with E-state index >= 15 is 0 Å². The van der Waals surface area contributed by atoms with E-state index < -0.39 is 0 Å². The van der Waals surface area contributed by atoms with E-state index in [0.717, 1.165) is 17.1 Å². The number of nitrogens with zero attached hydrogens (tertiary/aromatic N) is 1. The van der Waals surface area contributed by atoms with Gasteiger partial charge in [-0.25, -0.2) is 4.98 Å². The average molecular weight is 162 g/mol. The highest BCUT2D eigenvalue weighted by atomic mass is 15.0. The number of pyridine rings is 1. The first-order valence-corrected chi connectivity index (χ1v) is 3.97. The third-order valence-electron chi connectivity index (χ3n) is 1.90. The molecule has 0 fully saturated rings. The zero-order chi connectivity index (χ0) is 9.14. The fraction of sp³-hybridized carbons (Fsp3) is 0.300. The summed E-state index contributed by atoms with van der Waals surface area (Å²) in [5, 5.41) is 3.00. The van der Waals surface area contributed by atoms with Crippen molar-refractivity contribution in [1.82, 2.24) is 4.98 Å². The summed E-state index contributed by atoms with van der Waals surface area (Å²) in [5.74, 6) is 0.896. The summed E-state index contributed by atoms with van der Waals surface area (Å²) in [4.78, 5) is 4.38. The van der Waals surface area contributed by atoms with E-state index in [4.69, 9.17) is 0 Å². The lowest BCUT2D eigenvalue weighted by Gasteiger charge is -2.07. The Morgan fingerprint density at radius 1 is 1.33 bits per heavy atom. The first-order valence-electron chi connectivity index (χ1n) is 3.97. The van der Waals surface area contributed by atoms with Crippen molar-refractivity contribution < 1.29 is 0 Å². The number of aromatic nitrogens is 1. The lowest BCUT2D eigenvalue weighted by molar-refractivity contribution is 1.13. The Hall–Kier alpha value is -1.31. The second-order valence-corrected chi connectivity index (χ2v) is 2.90. The van der Waals surface area contributed by atoms with Gasteiger partial charge in [-0.3, -0.25) is 0 Å². The fourth-order valence-electron chi connectivity index (χ4n) is 1.08. The van der Waals surface area contributed by atoms with Crippen LogP contribution in [0.5, 0.6) is 0 Å². The van der Waals surface area contributed by atoms with Crippen LogP contribution in [0.4, 0.5) is 5.82 Å². The molecule has 0 radical (unpaired) electrons. The maximum absolute atomic E-state index is 4.38. The third-order valence-corrected chi connectivity index (χ3v) is 1.90. The molecule has 1 heterocycles. The molecular weight excluding hydrogens is 148 g/mol. The van der Waals surface area contributed by atoms with Gasteiger partial charge in [0, 0.05) is 5.69 Å². The highest BCUT2D eigenvalue weighted by Crippen LogP contribution is 2.15. The minimum Gasteiger partial charge on any atom is -0.347 e. The number of aryl methyl sites for hydroxylation is 3. The summed E-state index contributed by atoms with van der Waals surface area (Å²) in [5.41, 5.74) is 3.44. The zero-order valence-corrected chi connectivity index (χ0v) is 7.81. The molecule has 1 aromatic heterocycles. The molecule has 64 valence electrons. The highest BCUT2D eigenvalue weighted by molar-refractivity contribution is 5.47. The molecule has 0 aliphatic rings. The monoisotopic (exact) mass is 162 g/mol. The summed E-state index contributed by atoms with van der Waals surface area (Å²) in [6.07, 6.45) is 1.64. The molecule has 0 atom stereocenters. The van der Waals surface area contributed by atoms with E-state index in [1.165, 1.54) is 5.56 Å². The van der Waals surface area contributed by atoms with Crippen LogP contribution >= 0.6 is 0 Å². The predicted molar refractivity (Wildman–Crippen MR) is 52.3 cm³/mol. The predicted octanol–water partition coefficient (Wildman–Crippen LogP) is 2.56. The van der Waals surface area contributed by atoms with Gasteiger partial charge in [0.15, 0.2) is 0 Å². The summed E-state index contributed by atoms with van der Waals surface area (Å²) in [6, 6.07) is 2.12. The van der Waals surface area contributed by atoms with Crippen molar-refractivity contribution in [2.24, 2.45) is 0 Å². The van der Waals surface area contributed by atoms with Gasteiger partial charge < -0.3 is 5.32 Å². The molecule has 0 saturated heterocycles. The Kier molecular flexibility index (Phi) is 2.48. The zero-order valence-electron chi connectivity index (χ0n) is 7.81. The van der Waals surface area contributed by atoms with Crippen molar-refractivity contribution in [2.45, 2.75) is 20.8 Å². The molecule has 0 spiro atoms. The van der Waals surface area contributed by atoms with E-state index in [9.17, 15) is 0 Å². The maximum Gasteiger partial charge on any atom is 0.133 e. The second-order valence-electron chi connectivity index (χ2n) is 2.90. The standard InChI is InChI=1S/C10H14N2/c1-5-11-10-8(3)6-7(2)9(4)12-10/h5-6H,1H2,2-4H3,(H,11,12). The second kappa shape index (κ2) is 3.39. The Morgan fingerprint density at radius 3 is 2.58 bits per heavy atom. The van der Waals surface area contributed by atoms with Crippen LogP contribution in [0.2, 0.25) is 0 Å². The van der Waals surface area contributed by atoms with Gasteiger partial charge in [0.2, 0.25) is 0 Å². The SMILES string of the molecule is C=CNc1nc(C)c(C)cc1C. The van der Waals surface area contributed by atoms with Crippen LogP contribution in [-0.2, 0) is 0 Å². The van der Waals surface area contributed by atoms with E-state index in [0.29, 0.717) is 0 Å². The number of nitrogens with one attached hydrogen (secondary N) is 1. The normalized spacial score (nSPS) is 9.58. The number of hydrogen-bond acceptors (Lipinski definition) is 2. The van der Waals surface area contributed by atoms with Crippen LogP contribution in [-0.4, -0.2) is 4.98 Å². The molecule has 0 amide bonds. The van der Waals surface area contributed by atoms with Crippen molar-refractivity contribution in [3.8, 4) is 0 Å². The van der Waals surface area contributed by atoms with Crippen molar-refractivity contribution in [3.63, 3.8) is 0 Å². The molecule has 0 saturated carbocycles. The smallest absolute Gasteiger partial charge is 0.133 e. The lowest BCUT2D eigenvalue weighted by atomic mass is 10.1. The van der Waals surface area contributed by atoms with Crippen LogP contribution in [0.25, 0.3) is 0 Å². The Balaban J connectivity index is 3.13. The third kappa shape index (κ3) is 1.64. The van der Waals surface area contributed by atoms with Crippen LogP contribution in [0, 0.1) is 20.8 Å². The molecular formula is C10H14N2. The molecule has 0 unspecified atom stereocenters. The first-order chi connectivity index (χ1) is 5.65. The number of anilines is 1. The molecule has 1 aromatic rings. The summed E-state index contributed by atoms with van der Waals surface area (Å²) in [7, 11) is 0. The Morgan fingerprint density at radius 2 is 2.00 bits per heavy atom. The van der Waals surface area contributed by atoms with Gasteiger partial charge in [-0.1, -0.05) is 12.6 Å². The largest absolute Gasteiger partial charge is 0.347 e. The molecule has 2 heteroatoms. The van der Waals surface area contributed by atoms with Gasteiger partial charge in [0.05, 0.1) is 0 Å². The van der Waals surface area contributed by atoms with E-state index in [1.807, 2.05) is 13.8 Å². The van der Waals surface area contributed by atoms with Gasteiger partial charge in [-0.15, -0.1) is 0 Å². The first kappa shape index (κ1) is 8.78. The molecule has 0 aromatic carbocycles. The topological polar surface area (TPSA) is 24.9 Å². The molecule has 0 aliphatic heterocycles. The Labute approximate surface area is 73.3 Å². The van der Waals surface area contributed by atoms with E-state index in [2.05, 4.69) is 29.9 Å². The quantitative estimate of drug-likeness (QED) is 0.723. The van der Waals surface area contributed by atoms with Crippen molar-refractivity contribution in [1.29, 1.82) is 0 Å². The van der Waals surface area contributed by atoms with Crippen molar-refractivity contribution >= 4 is 5.82 Å². The Bertz CT molecular complexity index is 303. The van der Waals surface area contributed by atoms with Crippen molar-refractivity contribution in [3.05, 3.63) is 35.7 Å². The van der Waals surface area contributed by atoms with Gasteiger partial charge in [-0.2, -0.15) is 0 Å². The molecule has 1 N–H and O–H groups in total. The van der Waals surface area contributed by atoms with Gasteiger partial charge in [-0.05, 0) is 38.1 Å². The number of hydrogen-bond donors (Lipinski definition) is 1. The van der Waals surface area contributed by atoms with E-state index in [1.54, 1.807) is 6.20 Å². The minimum atomic E-state index is 0.896.